The molecule has 0 amide bonds. The topological polar surface area (TPSA) is 54.7 Å². The quantitative estimate of drug-likeness (QED) is 0.781. The van der Waals surface area contributed by atoms with Crippen molar-refractivity contribution in [3.63, 3.8) is 0 Å². The Morgan fingerprint density at radius 2 is 2.38 bits per heavy atom. The zero-order valence-electron chi connectivity index (χ0n) is 7.16. The van der Waals surface area contributed by atoms with Crippen molar-refractivity contribution in [2.24, 2.45) is 0 Å². The van der Waals surface area contributed by atoms with Gasteiger partial charge in [0.15, 0.2) is 5.95 Å². The number of aromatic amines is 1. The van der Waals surface area contributed by atoms with Crippen molar-refractivity contribution in [1.29, 1.82) is 0 Å². The third-order valence-electron chi connectivity index (χ3n) is 1.87. The van der Waals surface area contributed by atoms with Gasteiger partial charge in [-0.15, -0.1) is 11.3 Å². The van der Waals surface area contributed by atoms with Gasteiger partial charge in [-0.2, -0.15) is 0 Å². The van der Waals surface area contributed by atoms with Crippen LogP contribution in [0.3, 0.4) is 0 Å². The molecule has 0 saturated heterocycles. The molecule has 0 saturated carbocycles. The van der Waals surface area contributed by atoms with Crippen LogP contribution < -0.4 is 5.73 Å². The maximum Gasteiger partial charge on any atom is 0.197 e. The second-order valence-corrected chi connectivity index (χ2v) is 3.91. The van der Waals surface area contributed by atoms with Gasteiger partial charge >= 0.3 is 0 Å². The van der Waals surface area contributed by atoms with E-state index in [2.05, 4.69) is 27.5 Å². The standard InChI is InChI=1S/C9H11N3S/c10-9-11-6-7(12-9)3-4-8-2-1-5-13-8/h1-2,5-6H,3-4H2,(H3,10,11,12). The molecule has 0 unspecified atom stereocenters. The van der Waals surface area contributed by atoms with Crippen LogP contribution in [0.2, 0.25) is 0 Å². The number of H-pyrrole nitrogens is 1. The van der Waals surface area contributed by atoms with Gasteiger partial charge in [-0.1, -0.05) is 6.07 Å². The van der Waals surface area contributed by atoms with Crippen molar-refractivity contribution in [2.75, 3.05) is 5.73 Å². The van der Waals surface area contributed by atoms with Crippen LogP contribution in [0.1, 0.15) is 10.6 Å². The number of aromatic nitrogens is 2. The summed E-state index contributed by atoms with van der Waals surface area (Å²) < 4.78 is 0. The SMILES string of the molecule is Nc1ncc(CCc2cccs2)[nH]1. The minimum Gasteiger partial charge on any atom is -0.369 e. The van der Waals surface area contributed by atoms with E-state index in [0.29, 0.717) is 5.95 Å². The number of nitrogen functional groups attached to an aromatic ring is 1. The van der Waals surface area contributed by atoms with Crippen LogP contribution in [0.5, 0.6) is 0 Å². The van der Waals surface area contributed by atoms with E-state index in [1.54, 1.807) is 17.5 Å². The molecule has 0 aliphatic heterocycles. The summed E-state index contributed by atoms with van der Waals surface area (Å²) in [5.74, 6) is 0.501. The summed E-state index contributed by atoms with van der Waals surface area (Å²) in [6.07, 6.45) is 3.83. The molecule has 0 atom stereocenters. The van der Waals surface area contributed by atoms with Gasteiger partial charge < -0.3 is 10.7 Å². The van der Waals surface area contributed by atoms with Crippen LogP contribution in [-0.4, -0.2) is 9.97 Å². The molecule has 4 heteroatoms. The van der Waals surface area contributed by atoms with Gasteiger partial charge in [-0.3, -0.25) is 0 Å². The molecular formula is C9H11N3S. The summed E-state index contributed by atoms with van der Waals surface area (Å²) in [5.41, 5.74) is 6.57. The molecule has 13 heavy (non-hydrogen) atoms. The number of anilines is 1. The number of nitrogens with one attached hydrogen (secondary N) is 1. The highest BCUT2D eigenvalue weighted by molar-refractivity contribution is 7.09. The average Bonchev–Trinajstić information content (AvgIpc) is 2.71. The second kappa shape index (κ2) is 3.62. The van der Waals surface area contributed by atoms with Crippen LogP contribution >= 0.6 is 11.3 Å². The first-order valence-corrected chi connectivity index (χ1v) is 5.04. The summed E-state index contributed by atoms with van der Waals surface area (Å²) in [5, 5.41) is 2.09. The number of imidazole rings is 1. The molecule has 0 aliphatic rings. The molecule has 0 bridgehead atoms. The molecule has 2 aromatic heterocycles. The van der Waals surface area contributed by atoms with Crippen molar-refractivity contribution in [3.05, 3.63) is 34.3 Å². The molecule has 3 nitrogen and oxygen atoms in total. The number of hydrogen-bond acceptors (Lipinski definition) is 3. The summed E-state index contributed by atoms with van der Waals surface area (Å²) in [6.45, 7) is 0. The predicted molar refractivity (Wildman–Crippen MR) is 54.7 cm³/mol. The van der Waals surface area contributed by atoms with E-state index in [4.69, 9.17) is 5.73 Å². The Labute approximate surface area is 80.6 Å². The van der Waals surface area contributed by atoms with Crippen molar-refractivity contribution < 1.29 is 0 Å². The van der Waals surface area contributed by atoms with E-state index in [1.807, 2.05) is 0 Å². The van der Waals surface area contributed by atoms with Crippen molar-refractivity contribution >= 4 is 17.3 Å². The highest BCUT2D eigenvalue weighted by atomic mass is 32.1. The smallest absolute Gasteiger partial charge is 0.197 e. The van der Waals surface area contributed by atoms with Crippen molar-refractivity contribution in [3.8, 4) is 0 Å². The van der Waals surface area contributed by atoms with E-state index in [9.17, 15) is 0 Å². The Bertz CT molecular complexity index is 364. The fourth-order valence-corrected chi connectivity index (χ4v) is 1.93. The van der Waals surface area contributed by atoms with E-state index in [1.165, 1.54) is 4.88 Å². The Morgan fingerprint density at radius 1 is 1.46 bits per heavy atom. The van der Waals surface area contributed by atoms with Gasteiger partial charge in [0.2, 0.25) is 0 Å². The monoisotopic (exact) mass is 193 g/mol. The summed E-state index contributed by atoms with van der Waals surface area (Å²) in [7, 11) is 0. The number of rotatable bonds is 3. The van der Waals surface area contributed by atoms with E-state index in [-0.39, 0.29) is 0 Å². The number of thiophene rings is 1. The normalized spacial score (nSPS) is 10.5. The lowest BCUT2D eigenvalue weighted by atomic mass is 10.2. The fraction of sp³-hybridized carbons (Fsp3) is 0.222. The highest BCUT2D eigenvalue weighted by Crippen LogP contribution is 2.11. The first-order chi connectivity index (χ1) is 6.34. The van der Waals surface area contributed by atoms with Gasteiger partial charge in [0.1, 0.15) is 0 Å². The molecule has 2 rings (SSSR count). The van der Waals surface area contributed by atoms with E-state index in [0.717, 1.165) is 18.5 Å². The van der Waals surface area contributed by atoms with Crippen LogP contribution in [0.15, 0.2) is 23.7 Å². The molecule has 0 fully saturated rings. The number of hydrogen-bond donors (Lipinski definition) is 2. The molecule has 68 valence electrons. The van der Waals surface area contributed by atoms with Gasteiger partial charge in [-0.05, 0) is 24.3 Å². The van der Waals surface area contributed by atoms with Crippen molar-refractivity contribution in [1.82, 2.24) is 9.97 Å². The number of nitrogens with zero attached hydrogens (tertiary/aromatic N) is 1. The largest absolute Gasteiger partial charge is 0.369 e. The van der Waals surface area contributed by atoms with Crippen molar-refractivity contribution in [2.45, 2.75) is 12.8 Å². The summed E-state index contributed by atoms with van der Waals surface area (Å²) >= 11 is 1.78. The van der Waals surface area contributed by atoms with E-state index >= 15 is 0 Å². The summed E-state index contributed by atoms with van der Waals surface area (Å²) in [4.78, 5) is 8.35. The Kier molecular flexibility index (Phi) is 2.31. The third-order valence-corrected chi connectivity index (χ3v) is 2.81. The highest BCUT2D eigenvalue weighted by Gasteiger charge is 1.98. The molecule has 0 aliphatic carbocycles. The minimum atomic E-state index is 0.501. The minimum absolute atomic E-state index is 0.501. The first kappa shape index (κ1) is 8.31. The Balaban J connectivity index is 1.93. The van der Waals surface area contributed by atoms with Gasteiger partial charge in [0.25, 0.3) is 0 Å². The van der Waals surface area contributed by atoms with Crippen LogP contribution in [0.4, 0.5) is 5.95 Å². The molecule has 2 heterocycles. The van der Waals surface area contributed by atoms with Crippen LogP contribution in [0.25, 0.3) is 0 Å². The lowest BCUT2D eigenvalue weighted by molar-refractivity contribution is 0.943. The molecule has 2 aromatic rings. The second-order valence-electron chi connectivity index (χ2n) is 2.87. The van der Waals surface area contributed by atoms with Gasteiger partial charge in [0.05, 0.1) is 6.20 Å². The molecule has 3 N–H and O–H groups in total. The lowest BCUT2D eigenvalue weighted by Gasteiger charge is -1.93. The summed E-state index contributed by atoms with van der Waals surface area (Å²) in [6, 6.07) is 4.21. The first-order valence-electron chi connectivity index (χ1n) is 4.16. The molecule has 0 radical (unpaired) electrons. The number of nitrogens with two attached hydrogens (primary N) is 1. The Morgan fingerprint density at radius 3 is 3.00 bits per heavy atom. The average molecular weight is 193 g/mol. The molecule has 0 spiro atoms. The fourth-order valence-electron chi connectivity index (χ4n) is 1.22. The van der Waals surface area contributed by atoms with Gasteiger partial charge in [0, 0.05) is 10.6 Å². The third kappa shape index (κ3) is 2.09. The molecular weight excluding hydrogens is 182 g/mol. The maximum atomic E-state index is 5.46. The van der Waals surface area contributed by atoms with E-state index < -0.39 is 0 Å². The maximum absolute atomic E-state index is 5.46. The zero-order chi connectivity index (χ0) is 9.10. The van der Waals surface area contributed by atoms with Gasteiger partial charge in [-0.25, -0.2) is 4.98 Å². The van der Waals surface area contributed by atoms with Crippen LogP contribution in [0, 0.1) is 0 Å². The number of aryl methyl sites for hydroxylation is 2. The lowest BCUT2D eigenvalue weighted by Crippen LogP contribution is -1.90. The Hall–Kier alpha value is -1.29. The van der Waals surface area contributed by atoms with Crippen LogP contribution in [-0.2, 0) is 12.8 Å². The zero-order valence-corrected chi connectivity index (χ0v) is 7.97. The predicted octanol–water partition coefficient (Wildman–Crippen LogP) is 1.84. The molecule has 0 aromatic carbocycles.